The molecule has 0 aliphatic rings. The van der Waals surface area contributed by atoms with Crippen molar-refractivity contribution in [2.24, 2.45) is 0 Å². The van der Waals surface area contributed by atoms with Gasteiger partial charge in [0.1, 0.15) is 0 Å². The molecule has 0 unspecified atom stereocenters. The summed E-state index contributed by atoms with van der Waals surface area (Å²) >= 11 is 1.45. The minimum atomic E-state index is -0.843. The molecule has 0 radical (unpaired) electrons. The van der Waals surface area contributed by atoms with Gasteiger partial charge in [0.15, 0.2) is 5.13 Å². The largest absolute Gasteiger partial charge is 0.481 e. The first-order valence-electron chi connectivity index (χ1n) is 5.12. The van der Waals surface area contributed by atoms with Gasteiger partial charge in [-0.15, -0.1) is 11.3 Å². The molecule has 1 rings (SSSR count). The highest BCUT2D eigenvalue weighted by Gasteiger charge is 2.05. The Labute approximate surface area is 99.1 Å². The predicted molar refractivity (Wildman–Crippen MR) is 65.1 cm³/mol. The average molecular weight is 243 g/mol. The van der Waals surface area contributed by atoms with Crippen molar-refractivity contribution < 1.29 is 9.90 Å². The third kappa shape index (κ3) is 5.09. The molecule has 0 aromatic carbocycles. The van der Waals surface area contributed by atoms with Crippen LogP contribution < -0.4 is 5.32 Å². The summed E-state index contributed by atoms with van der Waals surface area (Å²) in [7, 11) is 4.07. The van der Waals surface area contributed by atoms with Gasteiger partial charge in [-0.3, -0.25) is 4.79 Å². The second-order valence-electron chi connectivity index (χ2n) is 3.80. The summed E-state index contributed by atoms with van der Waals surface area (Å²) in [6, 6.07) is 0. The van der Waals surface area contributed by atoms with Crippen molar-refractivity contribution in [2.75, 3.05) is 32.5 Å². The predicted octanol–water partition coefficient (Wildman–Crippen LogP) is 1.13. The van der Waals surface area contributed by atoms with E-state index in [9.17, 15) is 4.79 Å². The maximum absolute atomic E-state index is 10.5. The average Bonchev–Trinajstić information content (AvgIpc) is 2.59. The van der Waals surface area contributed by atoms with E-state index < -0.39 is 5.97 Å². The number of carboxylic acid groups (broad SMARTS) is 1. The van der Waals surface area contributed by atoms with E-state index in [2.05, 4.69) is 15.2 Å². The van der Waals surface area contributed by atoms with Crippen molar-refractivity contribution >= 4 is 22.4 Å². The quantitative estimate of drug-likeness (QED) is 0.703. The minimum Gasteiger partial charge on any atom is -0.481 e. The summed E-state index contributed by atoms with van der Waals surface area (Å²) < 4.78 is 0. The van der Waals surface area contributed by atoms with E-state index in [-0.39, 0.29) is 6.42 Å². The van der Waals surface area contributed by atoms with Crippen LogP contribution in [-0.4, -0.2) is 48.1 Å². The SMILES string of the molecule is CN(C)CCCNc1nc(CC(=O)O)cs1. The van der Waals surface area contributed by atoms with Gasteiger partial charge >= 0.3 is 5.97 Å². The lowest BCUT2D eigenvalue weighted by molar-refractivity contribution is -0.136. The first-order valence-corrected chi connectivity index (χ1v) is 6.00. The van der Waals surface area contributed by atoms with Crippen molar-refractivity contribution in [2.45, 2.75) is 12.8 Å². The molecule has 5 nitrogen and oxygen atoms in total. The van der Waals surface area contributed by atoms with Crippen molar-refractivity contribution in [3.05, 3.63) is 11.1 Å². The fourth-order valence-electron chi connectivity index (χ4n) is 1.21. The maximum atomic E-state index is 10.5. The molecular weight excluding hydrogens is 226 g/mol. The third-order valence-electron chi connectivity index (χ3n) is 1.94. The van der Waals surface area contributed by atoms with Gasteiger partial charge in [-0.05, 0) is 27.1 Å². The summed E-state index contributed by atoms with van der Waals surface area (Å²) in [4.78, 5) is 16.8. The molecule has 0 aliphatic heterocycles. The first-order chi connectivity index (χ1) is 7.58. The van der Waals surface area contributed by atoms with Crippen LogP contribution in [0.3, 0.4) is 0 Å². The number of rotatable bonds is 7. The molecule has 6 heteroatoms. The van der Waals surface area contributed by atoms with Crippen molar-refractivity contribution in [1.82, 2.24) is 9.88 Å². The number of hydrogen-bond acceptors (Lipinski definition) is 5. The zero-order valence-electron chi connectivity index (χ0n) is 9.56. The van der Waals surface area contributed by atoms with Gasteiger partial charge in [0.2, 0.25) is 0 Å². The molecule has 0 saturated heterocycles. The number of nitrogens with one attached hydrogen (secondary N) is 1. The zero-order chi connectivity index (χ0) is 12.0. The highest BCUT2D eigenvalue weighted by molar-refractivity contribution is 7.13. The molecule has 1 aromatic heterocycles. The number of hydrogen-bond donors (Lipinski definition) is 2. The Morgan fingerprint density at radius 2 is 2.38 bits per heavy atom. The van der Waals surface area contributed by atoms with E-state index in [1.807, 2.05) is 14.1 Å². The Hall–Kier alpha value is -1.14. The van der Waals surface area contributed by atoms with Crippen LogP contribution in [0.5, 0.6) is 0 Å². The number of carbonyl (C=O) groups is 1. The molecule has 1 heterocycles. The zero-order valence-corrected chi connectivity index (χ0v) is 10.4. The van der Waals surface area contributed by atoms with Gasteiger partial charge in [-0.1, -0.05) is 0 Å². The van der Waals surface area contributed by atoms with Gasteiger partial charge in [-0.2, -0.15) is 0 Å². The van der Waals surface area contributed by atoms with Crippen LogP contribution in [0.15, 0.2) is 5.38 Å². The molecule has 0 fully saturated rings. The number of nitrogens with zero attached hydrogens (tertiary/aromatic N) is 2. The fourth-order valence-corrected chi connectivity index (χ4v) is 1.95. The fraction of sp³-hybridized carbons (Fsp3) is 0.600. The van der Waals surface area contributed by atoms with Crippen molar-refractivity contribution in [1.29, 1.82) is 0 Å². The van der Waals surface area contributed by atoms with Crippen LogP contribution in [0.1, 0.15) is 12.1 Å². The van der Waals surface area contributed by atoms with Crippen LogP contribution in [0.25, 0.3) is 0 Å². The number of aromatic nitrogens is 1. The van der Waals surface area contributed by atoms with Gasteiger partial charge < -0.3 is 15.3 Å². The first kappa shape index (κ1) is 12.9. The summed E-state index contributed by atoms with van der Waals surface area (Å²) in [5, 5.41) is 14.4. The molecule has 0 atom stereocenters. The number of aliphatic carboxylic acids is 1. The van der Waals surface area contributed by atoms with Crippen molar-refractivity contribution in [3.63, 3.8) is 0 Å². The Morgan fingerprint density at radius 1 is 1.62 bits per heavy atom. The minimum absolute atomic E-state index is 0.00409. The Bertz CT molecular complexity index is 339. The van der Waals surface area contributed by atoms with E-state index in [1.54, 1.807) is 5.38 Å². The molecule has 0 aliphatic carbocycles. The molecule has 0 amide bonds. The Balaban J connectivity index is 2.26. The highest BCUT2D eigenvalue weighted by Crippen LogP contribution is 2.15. The van der Waals surface area contributed by atoms with E-state index in [0.717, 1.165) is 24.6 Å². The normalized spacial score (nSPS) is 10.7. The lowest BCUT2D eigenvalue weighted by Crippen LogP contribution is -2.16. The summed E-state index contributed by atoms with van der Waals surface area (Å²) in [6.45, 7) is 1.89. The summed E-state index contributed by atoms with van der Waals surface area (Å²) in [6.07, 6.45) is 1.04. The van der Waals surface area contributed by atoms with Crippen LogP contribution in [-0.2, 0) is 11.2 Å². The topological polar surface area (TPSA) is 65.5 Å². The van der Waals surface area contributed by atoms with Gasteiger partial charge in [0, 0.05) is 11.9 Å². The third-order valence-corrected chi connectivity index (χ3v) is 2.79. The maximum Gasteiger partial charge on any atom is 0.309 e. The molecular formula is C10H17N3O2S. The molecule has 2 N–H and O–H groups in total. The standard InChI is InChI=1S/C10H17N3O2S/c1-13(2)5-3-4-11-10-12-8(7-16-10)6-9(14)15/h7H,3-6H2,1-2H3,(H,11,12)(H,14,15). The monoisotopic (exact) mass is 243 g/mol. The van der Waals surface area contributed by atoms with Crippen molar-refractivity contribution in [3.8, 4) is 0 Å². The number of carboxylic acids is 1. The smallest absolute Gasteiger partial charge is 0.309 e. The van der Waals surface area contributed by atoms with E-state index in [0.29, 0.717) is 5.69 Å². The summed E-state index contributed by atoms with van der Waals surface area (Å²) in [5.74, 6) is -0.843. The van der Waals surface area contributed by atoms with Crippen LogP contribution >= 0.6 is 11.3 Å². The lowest BCUT2D eigenvalue weighted by Gasteiger charge is -2.08. The molecule has 16 heavy (non-hydrogen) atoms. The highest BCUT2D eigenvalue weighted by atomic mass is 32.1. The van der Waals surface area contributed by atoms with E-state index in [4.69, 9.17) is 5.11 Å². The van der Waals surface area contributed by atoms with Gasteiger partial charge in [-0.25, -0.2) is 4.98 Å². The van der Waals surface area contributed by atoms with Crippen LogP contribution in [0, 0.1) is 0 Å². The van der Waals surface area contributed by atoms with Gasteiger partial charge in [0.05, 0.1) is 12.1 Å². The molecule has 0 bridgehead atoms. The van der Waals surface area contributed by atoms with Crippen LogP contribution in [0.4, 0.5) is 5.13 Å². The number of thiazole rings is 1. The summed E-state index contributed by atoms with van der Waals surface area (Å²) in [5.41, 5.74) is 0.618. The number of anilines is 1. The van der Waals surface area contributed by atoms with E-state index in [1.165, 1.54) is 11.3 Å². The van der Waals surface area contributed by atoms with Gasteiger partial charge in [0.25, 0.3) is 0 Å². The molecule has 0 spiro atoms. The molecule has 0 saturated carbocycles. The Morgan fingerprint density at radius 3 is 3.00 bits per heavy atom. The molecule has 90 valence electrons. The Kier molecular flexibility index (Phi) is 5.21. The second-order valence-corrected chi connectivity index (χ2v) is 4.66. The second kappa shape index (κ2) is 6.44. The van der Waals surface area contributed by atoms with Crippen LogP contribution in [0.2, 0.25) is 0 Å². The molecule has 1 aromatic rings. The van der Waals surface area contributed by atoms with E-state index >= 15 is 0 Å². The lowest BCUT2D eigenvalue weighted by atomic mass is 10.3.